The van der Waals surface area contributed by atoms with Crippen molar-refractivity contribution < 1.29 is 17.6 Å². The number of rotatable bonds is 7. The monoisotopic (exact) mass is 464 g/mol. The number of hydrogen-bond acceptors (Lipinski definition) is 7. The van der Waals surface area contributed by atoms with Crippen LogP contribution in [0.25, 0.3) is 5.69 Å². The molecule has 0 saturated carbocycles. The minimum absolute atomic E-state index is 0.0289. The van der Waals surface area contributed by atoms with Crippen molar-refractivity contribution in [3.05, 3.63) is 53.3 Å². The highest BCUT2D eigenvalue weighted by Gasteiger charge is 2.20. The van der Waals surface area contributed by atoms with Crippen molar-refractivity contribution in [1.82, 2.24) is 24.5 Å². The van der Waals surface area contributed by atoms with Gasteiger partial charge in [-0.2, -0.15) is 4.68 Å². The molecule has 2 aromatic carbocycles. The number of aryl methyl sites for hydroxylation is 1. The van der Waals surface area contributed by atoms with Crippen LogP contribution in [0.2, 0.25) is 0 Å². The molecule has 9 nitrogen and oxygen atoms in total. The molecule has 0 bridgehead atoms. The average Bonchev–Trinajstić information content (AvgIpc) is 3.18. The molecule has 0 aliphatic heterocycles. The maximum atomic E-state index is 13.5. The molecule has 0 saturated heterocycles. The number of halogens is 1. The predicted molar refractivity (Wildman–Crippen MR) is 115 cm³/mol. The number of anilines is 1. The fraction of sp³-hybridized carbons (Fsp3) is 0.263. The van der Waals surface area contributed by atoms with Gasteiger partial charge in [-0.15, -0.1) is 5.10 Å². The van der Waals surface area contributed by atoms with Gasteiger partial charge >= 0.3 is 0 Å². The number of aromatic nitrogens is 4. The van der Waals surface area contributed by atoms with E-state index in [4.69, 9.17) is 0 Å². The summed E-state index contributed by atoms with van der Waals surface area (Å²) in [5, 5.41) is 14.4. The third-order valence-corrected chi connectivity index (χ3v) is 7.23. The highest BCUT2D eigenvalue weighted by molar-refractivity contribution is 7.99. The molecule has 31 heavy (non-hydrogen) atoms. The van der Waals surface area contributed by atoms with E-state index in [-0.39, 0.29) is 16.6 Å². The summed E-state index contributed by atoms with van der Waals surface area (Å²) in [5.74, 6) is -0.820. The average molecular weight is 465 g/mol. The van der Waals surface area contributed by atoms with Crippen LogP contribution in [-0.4, -0.2) is 58.7 Å². The minimum atomic E-state index is -3.65. The van der Waals surface area contributed by atoms with Crippen LogP contribution in [0.1, 0.15) is 11.1 Å². The smallest absolute Gasteiger partial charge is 0.242 e. The SMILES string of the molecule is Cc1cc(S(=O)(=O)N(C)C)cc(NC(=O)CSc2nnnn2-c2cccc(F)c2)c1C. The Morgan fingerprint density at radius 1 is 1.23 bits per heavy atom. The number of benzene rings is 2. The van der Waals surface area contributed by atoms with Gasteiger partial charge in [-0.1, -0.05) is 17.8 Å². The summed E-state index contributed by atoms with van der Waals surface area (Å²) in [7, 11) is -0.752. The van der Waals surface area contributed by atoms with Crippen LogP contribution in [0, 0.1) is 19.7 Å². The van der Waals surface area contributed by atoms with Gasteiger partial charge in [0.1, 0.15) is 5.82 Å². The molecule has 0 atom stereocenters. The number of nitrogens with zero attached hydrogens (tertiary/aromatic N) is 5. The van der Waals surface area contributed by atoms with Gasteiger partial charge in [0.05, 0.1) is 16.3 Å². The molecule has 1 heterocycles. The fourth-order valence-electron chi connectivity index (χ4n) is 2.67. The van der Waals surface area contributed by atoms with E-state index in [0.717, 1.165) is 27.2 Å². The molecule has 1 amide bonds. The van der Waals surface area contributed by atoms with Gasteiger partial charge in [0.15, 0.2) is 0 Å². The Labute approximate surface area is 183 Å². The zero-order chi connectivity index (χ0) is 22.8. The second-order valence-electron chi connectivity index (χ2n) is 6.89. The molecule has 0 aliphatic rings. The number of amides is 1. The predicted octanol–water partition coefficient (Wildman–Crippen LogP) is 2.40. The summed E-state index contributed by atoms with van der Waals surface area (Å²) in [5.41, 5.74) is 2.35. The summed E-state index contributed by atoms with van der Waals surface area (Å²) < 4.78 is 40.9. The summed E-state index contributed by atoms with van der Waals surface area (Å²) >= 11 is 1.07. The van der Waals surface area contributed by atoms with E-state index in [1.54, 1.807) is 26.0 Å². The molecule has 1 aromatic heterocycles. The number of carbonyl (C=O) groups is 1. The zero-order valence-corrected chi connectivity index (χ0v) is 19.0. The van der Waals surface area contributed by atoms with E-state index in [1.807, 2.05) is 0 Å². The Balaban J connectivity index is 1.76. The topological polar surface area (TPSA) is 110 Å². The van der Waals surface area contributed by atoms with Crippen LogP contribution in [0.15, 0.2) is 46.5 Å². The summed E-state index contributed by atoms with van der Waals surface area (Å²) in [6.07, 6.45) is 0. The van der Waals surface area contributed by atoms with Gasteiger partial charge < -0.3 is 5.32 Å². The Hall–Kier alpha value is -2.83. The van der Waals surface area contributed by atoms with Gasteiger partial charge in [0.2, 0.25) is 21.1 Å². The Morgan fingerprint density at radius 3 is 2.65 bits per heavy atom. The lowest BCUT2D eigenvalue weighted by atomic mass is 10.1. The van der Waals surface area contributed by atoms with E-state index in [2.05, 4.69) is 20.8 Å². The van der Waals surface area contributed by atoms with Crippen LogP contribution < -0.4 is 5.32 Å². The number of tetrazole rings is 1. The first-order valence-corrected chi connectivity index (χ1v) is 11.5. The largest absolute Gasteiger partial charge is 0.325 e. The molecule has 12 heteroatoms. The summed E-state index contributed by atoms with van der Waals surface area (Å²) in [4.78, 5) is 12.6. The van der Waals surface area contributed by atoms with Crippen molar-refractivity contribution in [3.63, 3.8) is 0 Å². The highest BCUT2D eigenvalue weighted by atomic mass is 32.2. The third-order valence-electron chi connectivity index (χ3n) is 4.52. The quantitative estimate of drug-likeness (QED) is 0.535. The van der Waals surface area contributed by atoms with Crippen molar-refractivity contribution in [2.45, 2.75) is 23.9 Å². The second kappa shape index (κ2) is 9.12. The van der Waals surface area contributed by atoms with Crippen LogP contribution in [0.5, 0.6) is 0 Å². The van der Waals surface area contributed by atoms with E-state index in [1.165, 1.54) is 43.0 Å². The molecule has 164 valence electrons. The number of carbonyl (C=O) groups excluding carboxylic acids is 1. The van der Waals surface area contributed by atoms with E-state index < -0.39 is 15.8 Å². The molecular formula is C19H21FN6O3S2. The number of nitrogens with one attached hydrogen (secondary N) is 1. The number of thioether (sulfide) groups is 1. The molecule has 0 aliphatic carbocycles. The Kier molecular flexibility index (Phi) is 6.72. The lowest BCUT2D eigenvalue weighted by Gasteiger charge is -2.16. The third kappa shape index (κ3) is 5.09. The molecule has 0 fully saturated rings. The minimum Gasteiger partial charge on any atom is -0.325 e. The molecule has 0 unspecified atom stereocenters. The Morgan fingerprint density at radius 2 is 1.97 bits per heavy atom. The van der Waals surface area contributed by atoms with E-state index in [0.29, 0.717) is 16.5 Å². The summed E-state index contributed by atoms with van der Waals surface area (Å²) in [6, 6.07) is 8.78. The first kappa shape index (κ1) is 22.8. The molecule has 1 N–H and O–H groups in total. The van der Waals surface area contributed by atoms with Crippen molar-refractivity contribution in [2.75, 3.05) is 25.2 Å². The van der Waals surface area contributed by atoms with Gasteiger partial charge in [-0.05, 0) is 65.7 Å². The number of sulfonamides is 1. The Bertz CT molecular complexity index is 1230. The second-order valence-corrected chi connectivity index (χ2v) is 9.98. The maximum absolute atomic E-state index is 13.5. The molecule has 3 rings (SSSR count). The van der Waals surface area contributed by atoms with Gasteiger partial charge in [-0.3, -0.25) is 4.79 Å². The molecule has 0 spiro atoms. The standard InChI is InChI=1S/C19H21FN6O3S2/c1-12-8-16(31(28,29)25(3)4)10-17(13(12)2)21-18(27)11-30-19-22-23-24-26(19)15-7-5-6-14(20)9-15/h5-10H,11H2,1-4H3,(H,21,27). The normalized spacial score (nSPS) is 11.7. The van der Waals surface area contributed by atoms with Crippen LogP contribution >= 0.6 is 11.8 Å². The van der Waals surface area contributed by atoms with Crippen molar-refractivity contribution >= 4 is 33.4 Å². The van der Waals surface area contributed by atoms with Gasteiger partial charge in [0.25, 0.3) is 0 Å². The van der Waals surface area contributed by atoms with Crippen molar-refractivity contribution in [2.24, 2.45) is 0 Å². The zero-order valence-electron chi connectivity index (χ0n) is 17.3. The first-order chi connectivity index (χ1) is 14.6. The summed E-state index contributed by atoms with van der Waals surface area (Å²) in [6.45, 7) is 3.58. The van der Waals surface area contributed by atoms with Gasteiger partial charge in [0, 0.05) is 19.8 Å². The van der Waals surface area contributed by atoms with E-state index in [9.17, 15) is 17.6 Å². The maximum Gasteiger partial charge on any atom is 0.242 e. The first-order valence-electron chi connectivity index (χ1n) is 9.10. The van der Waals surface area contributed by atoms with Crippen LogP contribution in [0.3, 0.4) is 0 Å². The number of hydrogen-bond donors (Lipinski definition) is 1. The van der Waals surface area contributed by atoms with Crippen LogP contribution in [-0.2, 0) is 14.8 Å². The van der Waals surface area contributed by atoms with Crippen molar-refractivity contribution in [1.29, 1.82) is 0 Å². The molecular weight excluding hydrogens is 443 g/mol. The van der Waals surface area contributed by atoms with Crippen LogP contribution in [0.4, 0.5) is 10.1 Å². The highest BCUT2D eigenvalue weighted by Crippen LogP contribution is 2.26. The van der Waals surface area contributed by atoms with E-state index >= 15 is 0 Å². The molecule has 3 aromatic rings. The molecule has 0 radical (unpaired) electrons. The lowest BCUT2D eigenvalue weighted by molar-refractivity contribution is -0.113. The fourth-order valence-corrected chi connectivity index (χ4v) is 4.38. The van der Waals surface area contributed by atoms with Gasteiger partial charge in [-0.25, -0.2) is 17.1 Å². The lowest BCUT2D eigenvalue weighted by Crippen LogP contribution is -2.23. The van der Waals surface area contributed by atoms with Crippen molar-refractivity contribution in [3.8, 4) is 5.69 Å².